The van der Waals surface area contributed by atoms with Gasteiger partial charge in [-0.15, -0.1) is 0 Å². The van der Waals surface area contributed by atoms with Crippen LogP contribution in [0.1, 0.15) is 52.9 Å². The molecule has 1 N–H and O–H groups in total. The third-order valence-electron chi connectivity index (χ3n) is 4.22. The molecule has 104 valence electrons. The van der Waals surface area contributed by atoms with E-state index in [-0.39, 0.29) is 6.04 Å². The zero-order valence-corrected chi connectivity index (χ0v) is 12.1. The Morgan fingerprint density at radius 3 is 2.61 bits per heavy atom. The molecule has 1 saturated heterocycles. The molecule has 3 nitrogen and oxygen atoms in total. The van der Waals surface area contributed by atoms with Crippen molar-refractivity contribution in [2.24, 2.45) is 11.8 Å². The van der Waals surface area contributed by atoms with Crippen LogP contribution in [-0.2, 0) is 4.79 Å². The van der Waals surface area contributed by atoms with Crippen molar-refractivity contribution in [3.8, 4) is 0 Å². The Bertz CT molecular complexity index is 286. The predicted octanol–water partition coefficient (Wildman–Crippen LogP) is 2.41. The lowest BCUT2D eigenvalue weighted by Crippen LogP contribution is -2.51. The fraction of sp³-hybridized carbons (Fsp3) is 0.933. The van der Waals surface area contributed by atoms with Crippen molar-refractivity contribution in [3.63, 3.8) is 0 Å². The summed E-state index contributed by atoms with van der Waals surface area (Å²) in [5.41, 5.74) is 0. The highest BCUT2D eigenvalue weighted by molar-refractivity contribution is 5.82. The van der Waals surface area contributed by atoms with Gasteiger partial charge >= 0.3 is 0 Å². The SMILES string of the molecule is CCC1CCNC(C(=O)N(CC(C)C)C2CC2)C1. The minimum absolute atomic E-state index is 0.0862. The van der Waals surface area contributed by atoms with E-state index in [1.165, 1.54) is 25.7 Å². The molecule has 1 aliphatic carbocycles. The Kier molecular flexibility index (Phi) is 4.66. The second kappa shape index (κ2) is 6.05. The summed E-state index contributed by atoms with van der Waals surface area (Å²) >= 11 is 0. The minimum atomic E-state index is 0.0862. The lowest BCUT2D eigenvalue weighted by atomic mass is 9.89. The largest absolute Gasteiger partial charge is 0.338 e. The van der Waals surface area contributed by atoms with Gasteiger partial charge in [-0.25, -0.2) is 0 Å². The number of nitrogens with one attached hydrogen (secondary N) is 1. The Labute approximate surface area is 111 Å². The molecule has 0 spiro atoms. The smallest absolute Gasteiger partial charge is 0.239 e. The normalized spacial score (nSPS) is 28.4. The summed E-state index contributed by atoms with van der Waals surface area (Å²) in [7, 11) is 0. The van der Waals surface area contributed by atoms with Gasteiger partial charge in [-0.2, -0.15) is 0 Å². The molecule has 0 radical (unpaired) electrons. The molecular formula is C15H28N2O. The summed E-state index contributed by atoms with van der Waals surface area (Å²) < 4.78 is 0. The van der Waals surface area contributed by atoms with Gasteiger partial charge in [-0.3, -0.25) is 4.79 Å². The van der Waals surface area contributed by atoms with Crippen molar-refractivity contribution in [2.45, 2.75) is 65.0 Å². The van der Waals surface area contributed by atoms with E-state index in [9.17, 15) is 4.79 Å². The number of rotatable bonds is 5. The van der Waals surface area contributed by atoms with Crippen LogP contribution in [0.25, 0.3) is 0 Å². The van der Waals surface area contributed by atoms with Gasteiger partial charge in [0.25, 0.3) is 0 Å². The number of hydrogen-bond donors (Lipinski definition) is 1. The van der Waals surface area contributed by atoms with Crippen LogP contribution in [0, 0.1) is 11.8 Å². The summed E-state index contributed by atoms with van der Waals surface area (Å²) in [5.74, 6) is 1.67. The number of nitrogens with zero attached hydrogens (tertiary/aromatic N) is 1. The summed E-state index contributed by atoms with van der Waals surface area (Å²) in [4.78, 5) is 14.8. The van der Waals surface area contributed by atoms with Gasteiger partial charge in [0.1, 0.15) is 0 Å². The van der Waals surface area contributed by atoms with Gasteiger partial charge in [0.15, 0.2) is 0 Å². The van der Waals surface area contributed by atoms with E-state index in [4.69, 9.17) is 0 Å². The molecule has 18 heavy (non-hydrogen) atoms. The molecule has 2 rings (SSSR count). The first-order valence-electron chi connectivity index (χ1n) is 7.65. The standard InChI is InChI=1S/C15H28N2O/c1-4-12-7-8-16-14(9-12)15(18)17(10-11(2)3)13-5-6-13/h11-14,16H,4-10H2,1-3H3. The van der Waals surface area contributed by atoms with Gasteiger partial charge in [-0.05, 0) is 44.1 Å². The molecular weight excluding hydrogens is 224 g/mol. The summed E-state index contributed by atoms with van der Waals surface area (Å²) in [5, 5.41) is 3.43. The van der Waals surface area contributed by atoms with Crippen molar-refractivity contribution in [3.05, 3.63) is 0 Å². The molecule has 0 aromatic heterocycles. The quantitative estimate of drug-likeness (QED) is 0.815. The number of piperidine rings is 1. The predicted molar refractivity (Wildman–Crippen MR) is 74.4 cm³/mol. The monoisotopic (exact) mass is 252 g/mol. The van der Waals surface area contributed by atoms with Crippen molar-refractivity contribution in [2.75, 3.05) is 13.1 Å². The van der Waals surface area contributed by atoms with E-state index in [2.05, 4.69) is 31.0 Å². The maximum Gasteiger partial charge on any atom is 0.239 e. The van der Waals surface area contributed by atoms with Crippen LogP contribution < -0.4 is 5.32 Å². The first-order valence-corrected chi connectivity index (χ1v) is 7.65. The summed E-state index contributed by atoms with van der Waals surface area (Å²) in [6.45, 7) is 8.58. The Morgan fingerprint density at radius 2 is 2.06 bits per heavy atom. The zero-order valence-electron chi connectivity index (χ0n) is 12.1. The van der Waals surface area contributed by atoms with Crippen molar-refractivity contribution < 1.29 is 4.79 Å². The van der Waals surface area contributed by atoms with E-state index < -0.39 is 0 Å². The molecule has 0 aromatic carbocycles. The molecule has 0 aromatic rings. The molecule has 0 bridgehead atoms. The number of amides is 1. The van der Waals surface area contributed by atoms with Crippen LogP contribution in [0.5, 0.6) is 0 Å². The van der Waals surface area contributed by atoms with Crippen molar-refractivity contribution in [1.82, 2.24) is 10.2 Å². The third kappa shape index (κ3) is 3.47. The third-order valence-corrected chi connectivity index (χ3v) is 4.22. The van der Waals surface area contributed by atoms with E-state index in [1.54, 1.807) is 0 Å². The van der Waals surface area contributed by atoms with E-state index in [0.717, 1.165) is 25.4 Å². The van der Waals surface area contributed by atoms with Gasteiger partial charge < -0.3 is 10.2 Å². The fourth-order valence-electron chi connectivity index (χ4n) is 2.95. The van der Waals surface area contributed by atoms with Gasteiger partial charge in [0, 0.05) is 12.6 Å². The molecule has 1 saturated carbocycles. The van der Waals surface area contributed by atoms with Gasteiger partial charge in [0.05, 0.1) is 6.04 Å². The molecule has 1 amide bonds. The highest BCUT2D eigenvalue weighted by Gasteiger charge is 2.37. The lowest BCUT2D eigenvalue weighted by Gasteiger charge is -2.34. The van der Waals surface area contributed by atoms with E-state index >= 15 is 0 Å². The van der Waals surface area contributed by atoms with Gasteiger partial charge in [-0.1, -0.05) is 27.2 Å². The topological polar surface area (TPSA) is 32.3 Å². The second-order valence-corrected chi connectivity index (χ2v) is 6.42. The van der Waals surface area contributed by atoms with E-state index in [1.807, 2.05) is 0 Å². The first kappa shape index (κ1) is 13.9. The molecule has 3 heteroatoms. The average molecular weight is 252 g/mol. The maximum atomic E-state index is 12.6. The van der Waals surface area contributed by atoms with Crippen LogP contribution in [-0.4, -0.2) is 36.0 Å². The number of carbonyl (C=O) groups excluding carboxylic acids is 1. The highest BCUT2D eigenvalue weighted by Crippen LogP contribution is 2.30. The van der Waals surface area contributed by atoms with Crippen LogP contribution in [0.3, 0.4) is 0 Å². The highest BCUT2D eigenvalue weighted by atomic mass is 16.2. The Hall–Kier alpha value is -0.570. The minimum Gasteiger partial charge on any atom is -0.338 e. The first-order chi connectivity index (χ1) is 8.61. The van der Waals surface area contributed by atoms with Crippen molar-refractivity contribution in [1.29, 1.82) is 0 Å². The molecule has 2 unspecified atom stereocenters. The van der Waals surface area contributed by atoms with Gasteiger partial charge in [0.2, 0.25) is 5.91 Å². The number of hydrogen-bond acceptors (Lipinski definition) is 2. The average Bonchev–Trinajstić information content (AvgIpc) is 3.19. The maximum absolute atomic E-state index is 12.6. The zero-order chi connectivity index (χ0) is 13.1. The Balaban J connectivity index is 1.94. The molecule has 2 aliphatic rings. The van der Waals surface area contributed by atoms with E-state index in [0.29, 0.717) is 17.9 Å². The molecule has 2 fully saturated rings. The van der Waals surface area contributed by atoms with Crippen molar-refractivity contribution >= 4 is 5.91 Å². The molecule has 1 heterocycles. The fourth-order valence-corrected chi connectivity index (χ4v) is 2.95. The van der Waals surface area contributed by atoms with Crippen LogP contribution in [0.4, 0.5) is 0 Å². The Morgan fingerprint density at radius 1 is 1.33 bits per heavy atom. The van der Waals surface area contributed by atoms with Crippen LogP contribution in [0.15, 0.2) is 0 Å². The second-order valence-electron chi connectivity index (χ2n) is 6.42. The van der Waals surface area contributed by atoms with Crippen LogP contribution in [0.2, 0.25) is 0 Å². The summed E-state index contributed by atoms with van der Waals surface area (Å²) in [6, 6.07) is 0.631. The number of carbonyl (C=O) groups is 1. The van der Waals surface area contributed by atoms with Crippen LogP contribution >= 0.6 is 0 Å². The summed E-state index contributed by atoms with van der Waals surface area (Å²) in [6.07, 6.45) is 5.90. The molecule has 2 atom stereocenters. The lowest BCUT2D eigenvalue weighted by molar-refractivity contribution is -0.135. The molecule has 1 aliphatic heterocycles.